The molecule has 0 aromatic rings. The molecule has 6 nitrogen and oxygen atoms in total. The SMILES string of the molecule is CC(C)[C@H](N)C(=O)N1CCN(CC(=O)N2CCCCC2C)CC1.Cl. The van der Waals surface area contributed by atoms with Crippen LogP contribution in [0.15, 0.2) is 0 Å². The van der Waals surface area contributed by atoms with Crippen LogP contribution >= 0.6 is 12.4 Å². The van der Waals surface area contributed by atoms with E-state index in [1.54, 1.807) is 0 Å². The van der Waals surface area contributed by atoms with E-state index < -0.39 is 6.04 Å². The number of nitrogens with two attached hydrogens (primary N) is 1. The molecule has 140 valence electrons. The van der Waals surface area contributed by atoms with Crippen molar-refractivity contribution in [3.8, 4) is 0 Å². The number of piperazine rings is 1. The number of carbonyl (C=O) groups is 2. The molecular formula is C17H33ClN4O2. The van der Waals surface area contributed by atoms with Crippen molar-refractivity contribution in [2.24, 2.45) is 11.7 Å². The Balaban J connectivity index is 0.00000288. The van der Waals surface area contributed by atoms with Gasteiger partial charge in [-0.15, -0.1) is 12.4 Å². The number of likely N-dealkylation sites (tertiary alicyclic amines) is 1. The van der Waals surface area contributed by atoms with E-state index in [4.69, 9.17) is 5.73 Å². The van der Waals surface area contributed by atoms with E-state index in [-0.39, 0.29) is 30.1 Å². The van der Waals surface area contributed by atoms with Crippen molar-refractivity contribution < 1.29 is 9.59 Å². The lowest BCUT2D eigenvalue weighted by Crippen LogP contribution is -2.56. The molecule has 0 aliphatic carbocycles. The molecule has 2 aliphatic rings. The Morgan fingerprint density at radius 2 is 1.71 bits per heavy atom. The molecule has 2 heterocycles. The van der Waals surface area contributed by atoms with Crippen LogP contribution in [0.2, 0.25) is 0 Å². The first kappa shape index (κ1) is 21.2. The minimum Gasteiger partial charge on any atom is -0.339 e. The molecule has 2 amide bonds. The first-order chi connectivity index (χ1) is 10.9. The van der Waals surface area contributed by atoms with Gasteiger partial charge in [0.25, 0.3) is 0 Å². The van der Waals surface area contributed by atoms with E-state index >= 15 is 0 Å². The van der Waals surface area contributed by atoms with Crippen LogP contribution in [-0.2, 0) is 9.59 Å². The zero-order valence-electron chi connectivity index (χ0n) is 15.2. The minimum atomic E-state index is -0.419. The molecule has 0 radical (unpaired) electrons. The number of nitrogens with zero attached hydrogens (tertiary/aromatic N) is 3. The number of piperidine rings is 1. The summed E-state index contributed by atoms with van der Waals surface area (Å²) >= 11 is 0. The lowest BCUT2D eigenvalue weighted by atomic mass is 10.0. The van der Waals surface area contributed by atoms with Crippen molar-refractivity contribution in [1.82, 2.24) is 14.7 Å². The van der Waals surface area contributed by atoms with Crippen LogP contribution in [-0.4, -0.2) is 77.9 Å². The Labute approximate surface area is 152 Å². The van der Waals surface area contributed by atoms with E-state index in [1.807, 2.05) is 23.6 Å². The van der Waals surface area contributed by atoms with Gasteiger partial charge in [0.15, 0.2) is 0 Å². The molecule has 24 heavy (non-hydrogen) atoms. The van der Waals surface area contributed by atoms with Gasteiger partial charge in [0, 0.05) is 38.8 Å². The average molecular weight is 361 g/mol. The Kier molecular flexibility index (Phi) is 8.46. The molecule has 2 atom stereocenters. The summed E-state index contributed by atoms with van der Waals surface area (Å²) in [6.45, 7) is 10.3. The maximum Gasteiger partial charge on any atom is 0.239 e. The van der Waals surface area contributed by atoms with Crippen molar-refractivity contribution >= 4 is 24.2 Å². The molecule has 1 unspecified atom stereocenters. The Morgan fingerprint density at radius 3 is 2.25 bits per heavy atom. The predicted molar refractivity (Wildman–Crippen MR) is 98.1 cm³/mol. The molecule has 2 saturated heterocycles. The molecule has 0 spiro atoms. The van der Waals surface area contributed by atoms with Gasteiger partial charge < -0.3 is 15.5 Å². The molecule has 2 N–H and O–H groups in total. The third-order valence-corrected chi connectivity index (χ3v) is 5.17. The summed E-state index contributed by atoms with van der Waals surface area (Å²) < 4.78 is 0. The van der Waals surface area contributed by atoms with Crippen molar-refractivity contribution in [3.05, 3.63) is 0 Å². The normalized spacial score (nSPS) is 23.8. The molecule has 0 aromatic heterocycles. The quantitative estimate of drug-likeness (QED) is 0.810. The average Bonchev–Trinajstić information content (AvgIpc) is 2.54. The van der Waals surface area contributed by atoms with Gasteiger partial charge in [-0.2, -0.15) is 0 Å². The van der Waals surface area contributed by atoms with Crippen LogP contribution in [0.5, 0.6) is 0 Å². The third kappa shape index (κ3) is 5.33. The number of halogens is 1. The van der Waals surface area contributed by atoms with Gasteiger partial charge in [-0.05, 0) is 32.1 Å². The van der Waals surface area contributed by atoms with Gasteiger partial charge in [-0.3, -0.25) is 14.5 Å². The molecule has 0 bridgehead atoms. The van der Waals surface area contributed by atoms with Crippen molar-refractivity contribution in [2.75, 3.05) is 39.3 Å². The molecule has 2 rings (SSSR count). The maximum atomic E-state index is 12.5. The molecule has 7 heteroatoms. The van der Waals surface area contributed by atoms with Gasteiger partial charge in [0.05, 0.1) is 12.6 Å². The van der Waals surface area contributed by atoms with Crippen molar-refractivity contribution in [1.29, 1.82) is 0 Å². The fourth-order valence-electron chi connectivity index (χ4n) is 3.37. The summed E-state index contributed by atoms with van der Waals surface area (Å²) in [4.78, 5) is 30.8. The summed E-state index contributed by atoms with van der Waals surface area (Å²) in [7, 11) is 0. The number of hydrogen-bond donors (Lipinski definition) is 1. The Morgan fingerprint density at radius 1 is 1.08 bits per heavy atom. The third-order valence-electron chi connectivity index (χ3n) is 5.17. The molecular weight excluding hydrogens is 328 g/mol. The van der Waals surface area contributed by atoms with Gasteiger partial charge >= 0.3 is 0 Å². The second kappa shape index (κ2) is 9.59. The highest BCUT2D eigenvalue weighted by Gasteiger charge is 2.29. The highest BCUT2D eigenvalue weighted by atomic mass is 35.5. The van der Waals surface area contributed by atoms with E-state index in [2.05, 4.69) is 11.8 Å². The zero-order chi connectivity index (χ0) is 17.0. The fraction of sp³-hybridized carbons (Fsp3) is 0.882. The molecule has 2 fully saturated rings. The minimum absolute atomic E-state index is 0. The summed E-state index contributed by atoms with van der Waals surface area (Å²) in [5.74, 6) is 0.425. The second-order valence-electron chi connectivity index (χ2n) is 7.30. The number of carbonyl (C=O) groups excluding carboxylic acids is 2. The molecule has 0 aromatic carbocycles. The largest absolute Gasteiger partial charge is 0.339 e. The lowest BCUT2D eigenvalue weighted by molar-refractivity contribution is -0.138. The summed E-state index contributed by atoms with van der Waals surface area (Å²) in [6.07, 6.45) is 3.45. The topological polar surface area (TPSA) is 69.9 Å². The van der Waals surface area contributed by atoms with E-state index in [9.17, 15) is 9.59 Å². The maximum absolute atomic E-state index is 12.5. The van der Waals surface area contributed by atoms with Crippen molar-refractivity contribution in [3.63, 3.8) is 0 Å². The van der Waals surface area contributed by atoms with E-state index in [0.29, 0.717) is 25.7 Å². The predicted octanol–water partition coefficient (Wildman–Crippen LogP) is 0.937. The van der Waals surface area contributed by atoms with Gasteiger partial charge in [0.1, 0.15) is 0 Å². The van der Waals surface area contributed by atoms with Crippen LogP contribution in [0.4, 0.5) is 0 Å². The van der Waals surface area contributed by atoms with Crippen LogP contribution in [0.25, 0.3) is 0 Å². The van der Waals surface area contributed by atoms with Crippen LogP contribution < -0.4 is 5.73 Å². The second-order valence-corrected chi connectivity index (χ2v) is 7.30. The van der Waals surface area contributed by atoms with E-state index in [0.717, 1.165) is 32.5 Å². The smallest absolute Gasteiger partial charge is 0.239 e. The first-order valence-corrected chi connectivity index (χ1v) is 8.96. The van der Waals surface area contributed by atoms with Gasteiger partial charge in [-0.25, -0.2) is 0 Å². The highest BCUT2D eigenvalue weighted by molar-refractivity contribution is 5.85. The summed E-state index contributed by atoms with van der Waals surface area (Å²) in [5, 5.41) is 0. The zero-order valence-corrected chi connectivity index (χ0v) is 16.1. The van der Waals surface area contributed by atoms with Crippen molar-refractivity contribution in [2.45, 2.75) is 52.1 Å². The number of rotatable bonds is 4. The molecule has 0 saturated carbocycles. The first-order valence-electron chi connectivity index (χ1n) is 8.96. The Bertz CT molecular complexity index is 425. The number of hydrogen-bond acceptors (Lipinski definition) is 4. The van der Waals surface area contributed by atoms with Crippen LogP contribution in [0, 0.1) is 5.92 Å². The summed E-state index contributed by atoms with van der Waals surface area (Å²) in [5.41, 5.74) is 5.95. The lowest BCUT2D eigenvalue weighted by Gasteiger charge is -2.38. The van der Waals surface area contributed by atoms with Crippen LogP contribution in [0.1, 0.15) is 40.0 Å². The molecule has 2 aliphatic heterocycles. The standard InChI is InChI=1S/C17H32N4O2.ClH/c1-13(2)16(18)17(23)20-10-8-19(9-11-20)12-15(22)21-7-5-4-6-14(21)3;/h13-14,16H,4-12,18H2,1-3H3;1H/t14?,16-;/m0./s1. The summed E-state index contributed by atoms with van der Waals surface area (Å²) in [6, 6.07) is -0.0551. The highest BCUT2D eigenvalue weighted by Crippen LogP contribution is 2.17. The monoisotopic (exact) mass is 360 g/mol. The van der Waals surface area contributed by atoms with Gasteiger partial charge in [-0.1, -0.05) is 13.8 Å². The van der Waals surface area contributed by atoms with Crippen LogP contribution in [0.3, 0.4) is 0 Å². The fourth-order valence-corrected chi connectivity index (χ4v) is 3.37. The van der Waals surface area contributed by atoms with E-state index in [1.165, 1.54) is 6.42 Å². The van der Waals surface area contributed by atoms with Gasteiger partial charge in [0.2, 0.25) is 11.8 Å². The Hall–Kier alpha value is -0.850. The number of amides is 2.